The molecule has 1 amide bonds. The van der Waals surface area contributed by atoms with Crippen LogP contribution in [0, 0.1) is 0 Å². The van der Waals surface area contributed by atoms with E-state index >= 15 is 0 Å². The molecule has 1 heterocycles. The van der Waals surface area contributed by atoms with Crippen LogP contribution in [-0.4, -0.2) is 17.8 Å². The monoisotopic (exact) mass is 299 g/mol. The van der Waals surface area contributed by atoms with Crippen LogP contribution in [0.4, 0.5) is 0 Å². The van der Waals surface area contributed by atoms with Gasteiger partial charge in [0.2, 0.25) is 12.7 Å². The number of ether oxygens (including phenoxy) is 2. The molecule has 3 rings (SSSR count). The van der Waals surface area contributed by atoms with Crippen LogP contribution in [0.25, 0.3) is 0 Å². The largest absolute Gasteiger partial charge is 0.508 e. The topological polar surface area (TPSA) is 67.8 Å². The number of carbonyl (C=O) groups is 1. The molecule has 0 bridgehead atoms. The van der Waals surface area contributed by atoms with E-state index in [9.17, 15) is 9.90 Å². The third-order valence-corrected chi connectivity index (χ3v) is 3.54. The van der Waals surface area contributed by atoms with Gasteiger partial charge >= 0.3 is 0 Å². The molecular formula is C17H17NO4. The van der Waals surface area contributed by atoms with Crippen LogP contribution in [0.2, 0.25) is 0 Å². The molecule has 2 aromatic rings. The van der Waals surface area contributed by atoms with Crippen LogP contribution >= 0.6 is 0 Å². The Morgan fingerprint density at radius 3 is 2.82 bits per heavy atom. The molecule has 0 aliphatic carbocycles. The average molecular weight is 299 g/mol. The van der Waals surface area contributed by atoms with Gasteiger partial charge in [-0.2, -0.15) is 0 Å². The fourth-order valence-electron chi connectivity index (χ4n) is 2.31. The van der Waals surface area contributed by atoms with Crippen molar-refractivity contribution in [2.45, 2.75) is 19.4 Å². The molecule has 0 fully saturated rings. The van der Waals surface area contributed by atoms with Crippen LogP contribution in [0.15, 0.2) is 42.5 Å². The summed E-state index contributed by atoms with van der Waals surface area (Å²) >= 11 is 0. The van der Waals surface area contributed by atoms with Gasteiger partial charge in [-0.25, -0.2) is 0 Å². The first-order chi connectivity index (χ1) is 10.7. The predicted octanol–water partition coefficient (Wildman–Crippen LogP) is 2.37. The molecule has 2 N–H and O–H groups in total. The Morgan fingerprint density at radius 1 is 1.14 bits per heavy atom. The van der Waals surface area contributed by atoms with Crippen LogP contribution in [0.1, 0.15) is 17.5 Å². The molecule has 22 heavy (non-hydrogen) atoms. The van der Waals surface area contributed by atoms with Crippen molar-refractivity contribution in [2.75, 3.05) is 6.79 Å². The lowest BCUT2D eigenvalue weighted by atomic mass is 10.1. The first kappa shape index (κ1) is 14.3. The SMILES string of the molecule is O=C(CCc1ccccc1O)NCc1ccc2c(c1)OCO2. The molecule has 114 valence electrons. The zero-order chi connectivity index (χ0) is 15.4. The lowest BCUT2D eigenvalue weighted by Crippen LogP contribution is -2.22. The molecule has 5 heteroatoms. The fraction of sp³-hybridized carbons (Fsp3) is 0.235. The van der Waals surface area contributed by atoms with E-state index in [1.165, 1.54) is 0 Å². The summed E-state index contributed by atoms with van der Waals surface area (Å²) in [6.07, 6.45) is 0.849. The maximum Gasteiger partial charge on any atom is 0.231 e. The number of aryl methyl sites for hydroxylation is 1. The number of phenols is 1. The summed E-state index contributed by atoms with van der Waals surface area (Å²) in [5.41, 5.74) is 1.74. The highest BCUT2D eigenvalue weighted by Crippen LogP contribution is 2.32. The first-order valence-electron chi connectivity index (χ1n) is 7.14. The molecule has 0 unspecified atom stereocenters. The van der Waals surface area contributed by atoms with E-state index < -0.39 is 0 Å². The average Bonchev–Trinajstić information content (AvgIpc) is 2.99. The Hall–Kier alpha value is -2.69. The molecule has 0 radical (unpaired) electrons. The van der Waals surface area contributed by atoms with Crippen LogP contribution in [0.5, 0.6) is 17.2 Å². The number of hydrogen-bond donors (Lipinski definition) is 2. The second-order valence-corrected chi connectivity index (χ2v) is 5.09. The maximum atomic E-state index is 11.9. The van der Waals surface area contributed by atoms with Gasteiger partial charge < -0.3 is 19.9 Å². The van der Waals surface area contributed by atoms with E-state index in [0.29, 0.717) is 25.1 Å². The lowest BCUT2D eigenvalue weighted by Gasteiger charge is -2.07. The first-order valence-corrected chi connectivity index (χ1v) is 7.14. The maximum absolute atomic E-state index is 11.9. The number of amides is 1. The molecule has 1 aliphatic rings. The number of benzene rings is 2. The van der Waals surface area contributed by atoms with Gasteiger partial charge in [0.05, 0.1) is 0 Å². The minimum atomic E-state index is -0.0547. The van der Waals surface area contributed by atoms with E-state index in [4.69, 9.17) is 9.47 Å². The number of hydrogen-bond acceptors (Lipinski definition) is 4. The van der Waals surface area contributed by atoms with E-state index in [1.54, 1.807) is 12.1 Å². The Bertz CT molecular complexity index is 684. The molecule has 1 aliphatic heterocycles. The summed E-state index contributed by atoms with van der Waals surface area (Å²) in [7, 11) is 0. The molecular weight excluding hydrogens is 282 g/mol. The number of fused-ring (bicyclic) bond motifs is 1. The highest BCUT2D eigenvalue weighted by Gasteiger charge is 2.13. The summed E-state index contributed by atoms with van der Waals surface area (Å²) in [5, 5.41) is 12.5. The van der Waals surface area contributed by atoms with Gasteiger partial charge in [0.1, 0.15) is 5.75 Å². The Kier molecular flexibility index (Phi) is 4.14. The Morgan fingerprint density at radius 2 is 1.95 bits per heavy atom. The zero-order valence-corrected chi connectivity index (χ0v) is 12.0. The quantitative estimate of drug-likeness (QED) is 0.889. The van der Waals surface area contributed by atoms with Crippen molar-refractivity contribution in [2.24, 2.45) is 0 Å². The van der Waals surface area contributed by atoms with Crippen molar-refractivity contribution in [3.05, 3.63) is 53.6 Å². The summed E-state index contributed by atoms with van der Waals surface area (Å²) < 4.78 is 10.5. The number of carbonyl (C=O) groups excluding carboxylic acids is 1. The van der Waals surface area contributed by atoms with Crippen LogP contribution in [-0.2, 0) is 17.8 Å². The van der Waals surface area contributed by atoms with Crippen molar-refractivity contribution < 1.29 is 19.4 Å². The molecule has 0 aromatic heterocycles. The molecule has 0 atom stereocenters. The minimum Gasteiger partial charge on any atom is -0.508 e. The van der Waals surface area contributed by atoms with Gasteiger partial charge in [0.25, 0.3) is 0 Å². The predicted molar refractivity (Wildman–Crippen MR) is 80.8 cm³/mol. The van der Waals surface area contributed by atoms with E-state index in [1.807, 2.05) is 30.3 Å². The third kappa shape index (κ3) is 3.31. The number of para-hydroxylation sites is 1. The van der Waals surface area contributed by atoms with Crippen molar-refractivity contribution in [1.82, 2.24) is 5.32 Å². The number of aromatic hydroxyl groups is 1. The van der Waals surface area contributed by atoms with Crippen molar-refractivity contribution >= 4 is 5.91 Å². The third-order valence-electron chi connectivity index (χ3n) is 3.54. The van der Waals surface area contributed by atoms with Gasteiger partial charge in [0, 0.05) is 13.0 Å². The summed E-state index contributed by atoms with van der Waals surface area (Å²) in [4.78, 5) is 11.9. The summed E-state index contributed by atoms with van der Waals surface area (Å²) in [5.74, 6) is 1.61. The van der Waals surface area contributed by atoms with Gasteiger partial charge in [-0.05, 0) is 35.7 Å². The molecule has 0 saturated heterocycles. The van der Waals surface area contributed by atoms with E-state index in [0.717, 1.165) is 16.9 Å². The standard InChI is InChI=1S/C17H17NO4/c19-14-4-2-1-3-13(14)6-8-17(20)18-10-12-5-7-15-16(9-12)22-11-21-15/h1-5,7,9,19H,6,8,10-11H2,(H,18,20). The van der Waals surface area contributed by atoms with Crippen molar-refractivity contribution in [3.63, 3.8) is 0 Å². The molecule has 0 spiro atoms. The smallest absolute Gasteiger partial charge is 0.231 e. The minimum absolute atomic E-state index is 0.0547. The molecule has 5 nitrogen and oxygen atoms in total. The normalized spacial score (nSPS) is 12.2. The Balaban J connectivity index is 1.49. The zero-order valence-electron chi connectivity index (χ0n) is 12.0. The van der Waals surface area contributed by atoms with Crippen molar-refractivity contribution in [3.8, 4) is 17.2 Å². The number of phenolic OH excluding ortho intramolecular Hbond substituents is 1. The highest BCUT2D eigenvalue weighted by molar-refractivity contribution is 5.76. The lowest BCUT2D eigenvalue weighted by molar-refractivity contribution is -0.121. The number of rotatable bonds is 5. The second kappa shape index (κ2) is 6.39. The van der Waals surface area contributed by atoms with Gasteiger partial charge in [0.15, 0.2) is 11.5 Å². The van der Waals surface area contributed by atoms with E-state index in [-0.39, 0.29) is 18.4 Å². The fourth-order valence-corrected chi connectivity index (χ4v) is 2.31. The van der Waals surface area contributed by atoms with Gasteiger partial charge in [-0.15, -0.1) is 0 Å². The van der Waals surface area contributed by atoms with Crippen LogP contribution in [0.3, 0.4) is 0 Å². The van der Waals surface area contributed by atoms with Crippen molar-refractivity contribution in [1.29, 1.82) is 0 Å². The Labute approximate surface area is 128 Å². The summed E-state index contributed by atoms with van der Waals surface area (Å²) in [6, 6.07) is 12.7. The van der Waals surface area contributed by atoms with E-state index in [2.05, 4.69) is 5.32 Å². The highest BCUT2D eigenvalue weighted by atomic mass is 16.7. The molecule has 2 aromatic carbocycles. The van der Waals surface area contributed by atoms with Crippen LogP contribution < -0.4 is 14.8 Å². The number of nitrogens with one attached hydrogen (secondary N) is 1. The van der Waals surface area contributed by atoms with Gasteiger partial charge in [-0.3, -0.25) is 4.79 Å². The van der Waals surface area contributed by atoms with Gasteiger partial charge in [-0.1, -0.05) is 24.3 Å². The molecule has 0 saturated carbocycles. The summed E-state index contributed by atoms with van der Waals surface area (Å²) in [6.45, 7) is 0.682. The second-order valence-electron chi connectivity index (χ2n) is 5.09.